The van der Waals surface area contributed by atoms with Crippen molar-refractivity contribution in [1.29, 1.82) is 0 Å². The number of benzene rings is 1. The van der Waals surface area contributed by atoms with Crippen LogP contribution in [0.15, 0.2) is 42.6 Å². The number of ether oxygens (including phenoxy) is 1. The molecule has 7 nitrogen and oxygen atoms in total. The summed E-state index contributed by atoms with van der Waals surface area (Å²) in [5, 5.41) is 2.98. The molecule has 28 heavy (non-hydrogen) atoms. The second-order valence-electron chi connectivity index (χ2n) is 7.20. The first-order valence-electron chi connectivity index (χ1n) is 9.62. The standard InChI is InChI=1S/C21H25N5O2/c1-15-23-18-9-5-11-22-20(18)26(15)14-16-7-6-12-25(13-16)21(27)24-17-8-3-4-10-19(17)28-2/h3-5,8-11,16H,6-7,12-14H2,1-2H3,(H,24,27). The molecular weight excluding hydrogens is 354 g/mol. The van der Waals surface area contributed by atoms with Gasteiger partial charge in [0.1, 0.15) is 17.1 Å². The van der Waals surface area contributed by atoms with E-state index in [0.717, 1.165) is 42.9 Å². The lowest BCUT2D eigenvalue weighted by molar-refractivity contribution is 0.170. The van der Waals surface area contributed by atoms with Crippen molar-refractivity contribution < 1.29 is 9.53 Å². The van der Waals surface area contributed by atoms with E-state index in [1.807, 2.05) is 48.2 Å². The molecule has 1 aliphatic rings. The lowest BCUT2D eigenvalue weighted by Gasteiger charge is -2.33. The number of piperidine rings is 1. The number of carbonyl (C=O) groups excluding carboxylic acids is 1. The Balaban J connectivity index is 1.45. The molecule has 0 saturated carbocycles. The Hall–Kier alpha value is -3.09. The molecule has 4 rings (SSSR count). The van der Waals surface area contributed by atoms with E-state index in [4.69, 9.17) is 4.74 Å². The molecule has 0 radical (unpaired) electrons. The lowest BCUT2D eigenvalue weighted by atomic mass is 9.98. The number of aromatic nitrogens is 3. The number of anilines is 1. The van der Waals surface area contributed by atoms with Crippen LogP contribution in [0.4, 0.5) is 10.5 Å². The Kier molecular flexibility index (Phi) is 5.14. The number of fused-ring (bicyclic) bond motifs is 1. The fourth-order valence-electron chi connectivity index (χ4n) is 3.89. The number of amides is 2. The molecule has 1 fully saturated rings. The van der Waals surface area contributed by atoms with Crippen molar-refractivity contribution in [3.63, 3.8) is 0 Å². The zero-order chi connectivity index (χ0) is 19.5. The molecule has 1 atom stereocenters. The number of hydrogen-bond acceptors (Lipinski definition) is 4. The van der Waals surface area contributed by atoms with Gasteiger partial charge in [0.05, 0.1) is 12.8 Å². The molecule has 2 aromatic heterocycles. The van der Waals surface area contributed by atoms with Gasteiger partial charge in [-0.1, -0.05) is 12.1 Å². The summed E-state index contributed by atoms with van der Waals surface area (Å²) < 4.78 is 7.50. The Morgan fingerprint density at radius 1 is 1.29 bits per heavy atom. The van der Waals surface area contributed by atoms with E-state index in [1.165, 1.54) is 0 Å². The molecule has 0 aliphatic carbocycles. The van der Waals surface area contributed by atoms with Gasteiger partial charge in [-0.05, 0) is 49.9 Å². The molecule has 3 heterocycles. The second kappa shape index (κ2) is 7.88. The van der Waals surface area contributed by atoms with E-state index >= 15 is 0 Å². The molecule has 1 aliphatic heterocycles. The first kappa shape index (κ1) is 18.3. The highest BCUT2D eigenvalue weighted by Gasteiger charge is 2.25. The minimum atomic E-state index is -0.0838. The minimum Gasteiger partial charge on any atom is -0.495 e. The van der Waals surface area contributed by atoms with Gasteiger partial charge in [0, 0.05) is 25.8 Å². The van der Waals surface area contributed by atoms with E-state index in [0.29, 0.717) is 23.9 Å². The number of urea groups is 1. The van der Waals surface area contributed by atoms with Crippen molar-refractivity contribution in [1.82, 2.24) is 19.4 Å². The molecule has 7 heteroatoms. The molecule has 0 spiro atoms. The zero-order valence-corrected chi connectivity index (χ0v) is 16.3. The topological polar surface area (TPSA) is 72.3 Å². The number of nitrogens with one attached hydrogen (secondary N) is 1. The molecule has 146 valence electrons. The van der Waals surface area contributed by atoms with Gasteiger partial charge in [-0.15, -0.1) is 0 Å². The summed E-state index contributed by atoms with van der Waals surface area (Å²) in [6.07, 6.45) is 3.88. The summed E-state index contributed by atoms with van der Waals surface area (Å²) in [4.78, 5) is 23.8. The van der Waals surface area contributed by atoms with E-state index in [2.05, 4.69) is 19.9 Å². The Morgan fingerprint density at radius 3 is 3.00 bits per heavy atom. The summed E-state index contributed by atoms with van der Waals surface area (Å²) in [5.74, 6) is 2.00. The van der Waals surface area contributed by atoms with E-state index in [9.17, 15) is 4.79 Å². The molecule has 1 unspecified atom stereocenters. The number of pyridine rings is 1. The molecule has 1 aromatic carbocycles. The van der Waals surface area contributed by atoms with Crippen LogP contribution in [0.1, 0.15) is 18.7 Å². The smallest absolute Gasteiger partial charge is 0.321 e. The van der Waals surface area contributed by atoms with Crippen LogP contribution in [0.2, 0.25) is 0 Å². The third-order valence-corrected chi connectivity index (χ3v) is 5.29. The highest BCUT2D eigenvalue weighted by Crippen LogP contribution is 2.25. The molecule has 1 N–H and O–H groups in total. The number of likely N-dealkylation sites (tertiary alicyclic amines) is 1. The van der Waals surface area contributed by atoms with Crippen molar-refractivity contribution >= 4 is 22.9 Å². The minimum absolute atomic E-state index is 0.0838. The highest BCUT2D eigenvalue weighted by atomic mass is 16.5. The maximum absolute atomic E-state index is 12.8. The van der Waals surface area contributed by atoms with Crippen molar-refractivity contribution in [3.8, 4) is 5.75 Å². The Bertz CT molecular complexity index is 984. The van der Waals surface area contributed by atoms with Gasteiger partial charge >= 0.3 is 6.03 Å². The number of methoxy groups -OCH3 is 1. The predicted molar refractivity (Wildman–Crippen MR) is 109 cm³/mol. The first-order valence-corrected chi connectivity index (χ1v) is 9.62. The fraction of sp³-hybridized carbons (Fsp3) is 0.381. The number of aryl methyl sites for hydroxylation is 1. The van der Waals surface area contributed by atoms with Crippen LogP contribution >= 0.6 is 0 Å². The zero-order valence-electron chi connectivity index (χ0n) is 16.3. The number of imidazole rings is 1. The summed E-state index contributed by atoms with van der Waals surface area (Å²) in [6, 6.07) is 11.3. The molecule has 2 amide bonds. The molecule has 0 bridgehead atoms. The Morgan fingerprint density at radius 2 is 2.14 bits per heavy atom. The third-order valence-electron chi connectivity index (χ3n) is 5.29. The lowest BCUT2D eigenvalue weighted by Crippen LogP contribution is -2.43. The number of hydrogen-bond donors (Lipinski definition) is 1. The van der Waals surface area contributed by atoms with Crippen LogP contribution in [0.5, 0.6) is 5.75 Å². The van der Waals surface area contributed by atoms with Crippen molar-refractivity contribution in [2.24, 2.45) is 5.92 Å². The first-order chi connectivity index (χ1) is 13.7. The van der Waals surface area contributed by atoms with Crippen LogP contribution in [-0.4, -0.2) is 45.7 Å². The average Bonchev–Trinajstić information content (AvgIpc) is 3.04. The van der Waals surface area contributed by atoms with Crippen LogP contribution in [0.25, 0.3) is 11.2 Å². The van der Waals surface area contributed by atoms with Gasteiger partial charge in [-0.25, -0.2) is 14.8 Å². The van der Waals surface area contributed by atoms with Crippen molar-refractivity contribution in [2.75, 3.05) is 25.5 Å². The van der Waals surface area contributed by atoms with Crippen molar-refractivity contribution in [3.05, 3.63) is 48.4 Å². The van der Waals surface area contributed by atoms with Gasteiger partial charge in [0.2, 0.25) is 0 Å². The predicted octanol–water partition coefficient (Wildman–Crippen LogP) is 3.69. The van der Waals surface area contributed by atoms with Crippen LogP contribution in [0, 0.1) is 12.8 Å². The van der Waals surface area contributed by atoms with E-state index in [-0.39, 0.29) is 6.03 Å². The number of nitrogens with zero attached hydrogens (tertiary/aromatic N) is 4. The maximum Gasteiger partial charge on any atom is 0.321 e. The van der Waals surface area contributed by atoms with Crippen LogP contribution < -0.4 is 10.1 Å². The number of rotatable bonds is 4. The second-order valence-corrected chi connectivity index (χ2v) is 7.20. The summed E-state index contributed by atoms with van der Waals surface area (Å²) in [5.41, 5.74) is 2.52. The quantitative estimate of drug-likeness (QED) is 0.750. The summed E-state index contributed by atoms with van der Waals surface area (Å²) in [6.45, 7) is 4.31. The molecular formula is C21H25N5O2. The molecule has 1 saturated heterocycles. The van der Waals surface area contributed by atoms with Gasteiger partial charge in [-0.3, -0.25) is 0 Å². The van der Waals surface area contributed by atoms with E-state index in [1.54, 1.807) is 13.3 Å². The normalized spacial score (nSPS) is 16.9. The van der Waals surface area contributed by atoms with Gasteiger partial charge < -0.3 is 19.5 Å². The average molecular weight is 379 g/mol. The van der Waals surface area contributed by atoms with E-state index < -0.39 is 0 Å². The number of carbonyl (C=O) groups is 1. The SMILES string of the molecule is COc1ccccc1NC(=O)N1CCCC(Cn2c(C)nc3cccnc32)C1. The maximum atomic E-state index is 12.8. The Labute approximate surface area is 164 Å². The molecule has 3 aromatic rings. The highest BCUT2D eigenvalue weighted by molar-refractivity contribution is 5.91. The van der Waals surface area contributed by atoms with Crippen LogP contribution in [0.3, 0.4) is 0 Å². The monoisotopic (exact) mass is 379 g/mol. The van der Waals surface area contributed by atoms with Crippen LogP contribution in [-0.2, 0) is 6.54 Å². The largest absolute Gasteiger partial charge is 0.495 e. The number of para-hydroxylation sites is 2. The summed E-state index contributed by atoms with van der Waals surface area (Å²) >= 11 is 0. The fourth-order valence-corrected chi connectivity index (χ4v) is 3.89. The van der Waals surface area contributed by atoms with Gasteiger partial charge in [0.25, 0.3) is 0 Å². The van der Waals surface area contributed by atoms with Crippen molar-refractivity contribution in [2.45, 2.75) is 26.3 Å². The van der Waals surface area contributed by atoms with Gasteiger partial charge in [-0.2, -0.15) is 0 Å². The summed E-state index contributed by atoms with van der Waals surface area (Å²) in [7, 11) is 1.60. The third kappa shape index (κ3) is 3.65. The van der Waals surface area contributed by atoms with Gasteiger partial charge in [0.15, 0.2) is 5.65 Å².